The molecule has 1 unspecified atom stereocenters. The molecule has 4 fully saturated rings. The number of aliphatic hydroxyl groups excluding tert-OH is 1. The van der Waals surface area contributed by atoms with Crippen LogP contribution in [0.3, 0.4) is 0 Å². The van der Waals surface area contributed by atoms with Gasteiger partial charge in [-0.25, -0.2) is 0 Å². The molecule has 4 aliphatic rings. The number of rotatable bonds is 11. The van der Waals surface area contributed by atoms with Gasteiger partial charge in [-0.3, -0.25) is 24.2 Å². The summed E-state index contributed by atoms with van der Waals surface area (Å²) in [5, 5.41) is 25.0. The van der Waals surface area contributed by atoms with Gasteiger partial charge in [0.05, 0.1) is 35.5 Å². The smallest absolute Gasteiger partial charge is 0.378 e. The topological polar surface area (TPSA) is 145 Å². The van der Waals surface area contributed by atoms with Gasteiger partial charge in [-0.1, -0.05) is 0 Å². The van der Waals surface area contributed by atoms with Crippen LogP contribution in [-0.4, -0.2) is 118 Å². The van der Waals surface area contributed by atoms with E-state index in [0.717, 1.165) is 69.6 Å². The first kappa shape index (κ1) is 42.3. The highest BCUT2D eigenvalue weighted by molar-refractivity contribution is 7.80. The van der Waals surface area contributed by atoms with Gasteiger partial charge < -0.3 is 35.2 Å². The zero-order valence-electron chi connectivity index (χ0n) is 32.7. The third-order valence-electron chi connectivity index (χ3n) is 11.5. The Morgan fingerprint density at radius 3 is 2.32 bits per heavy atom. The van der Waals surface area contributed by atoms with E-state index in [0.29, 0.717) is 25.3 Å². The molecule has 3 amide bonds. The number of hydrogen-bond acceptors (Lipinski definition) is 10. The van der Waals surface area contributed by atoms with Crippen LogP contribution >= 0.6 is 12.2 Å². The fourth-order valence-corrected chi connectivity index (χ4v) is 9.20. The van der Waals surface area contributed by atoms with Crippen LogP contribution in [0.2, 0.25) is 0 Å². The van der Waals surface area contributed by atoms with Crippen molar-refractivity contribution in [1.82, 2.24) is 20.0 Å². The number of carbonyl (C=O) groups excluding carboxylic acids is 3. The summed E-state index contributed by atoms with van der Waals surface area (Å²) in [4.78, 5) is 47.5. The number of nitriles is 1. The van der Waals surface area contributed by atoms with E-state index < -0.39 is 35.1 Å². The molecule has 0 spiro atoms. The summed E-state index contributed by atoms with van der Waals surface area (Å²) in [5.74, 6) is -0.707. The van der Waals surface area contributed by atoms with E-state index in [9.17, 15) is 37.9 Å². The summed E-state index contributed by atoms with van der Waals surface area (Å²) in [5.41, 5.74) is -1.28. The summed E-state index contributed by atoms with van der Waals surface area (Å²) < 4.78 is 47.5. The van der Waals surface area contributed by atoms with Crippen molar-refractivity contribution < 1.29 is 37.4 Å². The van der Waals surface area contributed by atoms with E-state index in [1.165, 1.54) is 11.0 Å². The summed E-state index contributed by atoms with van der Waals surface area (Å²) in [6.45, 7) is 11.5. The van der Waals surface area contributed by atoms with Gasteiger partial charge in [-0.15, -0.1) is 0 Å². The highest BCUT2D eigenvalue weighted by Crippen LogP contribution is 2.40. The van der Waals surface area contributed by atoms with Crippen LogP contribution in [-0.2, 0) is 25.3 Å². The molecule has 308 valence electrons. The molecule has 2 aromatic rings. The molecule has 0 aromatic heterocycles. The van der Waals surface area contributed by atoms with Gasteiger partial charge in [0.1, 0.15) is 5.54 Å². The van der Waals surface area contributed by atoms with Crippen LogP contribution in [0.15, 0.2) is 42.5 Å². The monoisotopic (exact) mass is 812 g/mol. The first-order valence-electron chi connectivity index (χ1n) is 19.5. The lowest BCUT2D eigenvalue weighted by Gasteiger charge is -2.44. The normalized spacial score (nSPS) is 26.1. The highest BCUT2D eigenvalue weighted by Gasteiger charge is 2.52. The minimum atomic E-state index is -4.76. The number of benzene rings is 2. The van der Waals surface area contributed by atoms with Crippen LogP contribution in [0, 0.1) is 11.3 Å². The van der Waals surface area contributed by atoms with Crippen LogP contribution in [0.5, 0.6) is 0 Å². The Balaban J connectivity index is 0.917. The van der Waals surface area contributed by atoms with Gasteiger partial charge >= 0.3 is 6.18 Å². The van der Waals surface area contributed by atoms with E-state index in [-0.39, 0.29) is 53.4 Å². The maximum atomic E-state index is 13.7. The molecular formula is C40H51F3N8O5S. The lowest BCUT2D eigenvalue weighted by molar-refractivity contribution is -0.138. The Morgan fingerprint density at radius 2 is 1.70 bits per heavy atom. The predicted octanol–water partition coefficient (Wildman–Crippen LogP) is 4.64. The molecular weight excluding hydrogens is 762 g/mol. The number of halogens is 3. The molecule has 2 aromatic carbocycles. The number of alkyl halides is 3. The number of amides is 3. The summed E-state index contributed by atoms with van der Waals surface area (Å²) in [7, 11) is 0. The molecule has 1 aliphatic carbocycles. The van der Waals surface area contributed by atoms with Crippen molar-refractivity contribution in [3.63, 3.8) is 0 Å². The van der Waals surface area contributed by atoms with Crippen molar-refractivity contribution in [3.05, 3.63) is 53.6 Å². The second-order valence-electron chi connectivity index (χ2n) is 16.0. The van der Waals surface area contributed by atoms with Crippen molar-refractivity contribution in [3.8, 4) is 6.07 Å². The van der Waals surface area contributed by atoms with Gasteiger partial charge in [0.2, 0.25) is 18.2 Å². The van der Waals surface area contributed by atoms with Gasteiger partial charge in [-0.2, -0.15) is 18.4 Å². The third kappa shape index (κ3) is 9.36. The number of hydrogen-bond donors (Lipinski definition) is 3. The molecule has 13 nitrogen and oxygen atoms in total. The van der Waals surface area contributed by atoms with Gasteiger partial charge in [0, 0.05) is 68.7 Å². The number of carbonyl (C=O) groups is 3. The molecule has 3 heterocycles. The standard InChI is InChI=1S/C40H51F3N8O5S/c1-25-22-47(23-26(2)49(25)24-35(53)45-28-7-10-29(11-8-28)48-18-16-34(52)46-37(48)55)17-5-19-56-32-14-12-30(13-15-32)51-38(57)50(36(54)39(51,3)4)31-9-6-27(21-44)33(20-31)40(41,42)43/h6-11,20,25-26,30,32,37,55H,5,12-19,22-24H2,1-4H3,(H,45,53)(H,46,52)/t25-,26+,30?,32?,37?. The Morgan fingerprint density at radius 1 is 1.05 bits per heavy atom. The van der Waals surface area contributed by atoms with E-state index in [1.54, 1.807) is 49.1 Å². The van der Waals surface area contributed by atoms with E-state index in [2.05, 4.69) is 34.3 Å². The van der Waals surface area contributed by atoms with Crippen molar-refractivity contribution in [2.45, 2.75) is 109 Å². The van der Waals surface area contributed by atoms with Crippen LogP contribution in [0.1, 0.15) is 77.3 Å². The summed E-state index contributed by atoms with van der Waals surface area (Å²) in [6, 6.07) is 12.3. The number of nitrogens with zero attached hydrogens (tertiary/aromatic N) is 6. The fraction of sp³-hybridized carbons (Fsp3) is 0.575. The Labute approximate surface area is 336 Å². The first-order valence-corrected chi connectivity index (χ1v) is 19.9. The summed E-state index contributed by atoms with van der Waals surface area (Å²) >= 11 is 5.73. The molecule has 0 bridgehead atoms. The molecule has 1 saturated carbocycles. The SMILES string of the molecule is C[C@@H]1CN(CCCOC2CCC(N3C(=S)N(c4ccc(C#N)c(C(F)(F)F)c4)C(=O)C3(C)C)CC2)C[C@H](C)N1CC(=O)Nc1ccc(N2CCC(=O)NC2O)cc1. The van der Waals surface area contributed by atoms with Gasteiger partial charge in [0.15, 0.2) is 5.11 Å². The Bertz CT molecular complexity index is 1850. The number of piperazine rings is 1. The molecule has 3 aliphatic heterocycles. The zero-order chi connectivity index (χ0) is 41.2. The van der Waals surface area contributed by atoms with Crippen LogP contribution < -0.4 is 20.4 Å². The second kappa shape index (κ2) is 17.3. The third-order valence-corrected chi connectivity index (χ3v) is 11.9. The molecule has 0 radical (unpaired) electrons. The lowest BCUT2D eigenvalue weighted by Crippen LogP contribution is -2.58. The lowest BCUT2D eigenvalue weighted by atomic mass is 9.89. The van der Waals surface area contributed by atoms with Gasteiger partial charge in [0.25, 0.3) is 5.91 Å². The number of anilines is 3. The average molecular weight is 813 g/mol. The fourth-order valence-electron chi connectivity index (χ4n) is 8.63. The van der Waals surface area contributed by atoms with E-state index in [1.807, 2.05) is 4.90 Å². The molecule has 3 atom stereocenters. The minimum Gasteiger partial charge on any atom is -0.378 e. The molecule has 17 heteroatoms. The Hall–Kier alpha value is -4.34. The average Bonchev–Trinajstić information content (AvgIpc) is 3.33. The maximum absolute atomic E-state index is 13.7. The van der Waals surface area contributed by atoms with Crippen molar-refractivity contribution >= 4 is 52.1 Å². The van der Waals surface area contributed by atoms with Crippen LogP contribution in [0.25, 0.3) is 0 Å². The largest absolute Gasteiger partial charge is 0.417 e. The van der Waals surface area contributed by atoms with E-state index >= 15 is 0 Å². The maximum Gasteiger partial charge on any atom is 0.417 e. The molecule has 3 saturated heterocycles. The van der Waals surface area contributed by atoms with Crippen LogP contribution in [0.4, 0.5) is 30.2 Å². The molecule has 57 heavy (non-hydrogen) atoms. The summed E-state index contributed by atoms with van der Waals surface area (Å²) in [6.07, 6.45) is -1.66. The minimum absolute atomic E-state index is 0.00624. The quantitative estimate of drug-likeness (QED) is 0.216. The number of thiocarbonyl (C=S) groups is 1. The number of aliphatic hydroxyl groups is 1. The van der Waals surface area contributed by atoms with Crippen molar-refractivity contribution in [1.29, 1.82) is 5.26 Å². The molecule has 3 N–H and O–H groups in total. The second-order valence-corrected chi connectivity index (χ2v) is 16.3. The number of ether oxygens (including phenoxy) is 1. The van der Waals surface area contributed by atoms with Crippen molar-refractivity contribution in [2.24, 2.45) is 0 Å². The van der Waals surface area contributed by atoms with Crippen molar-refractivity contribution in [2.75, 3.05) is 54.4 Å². The predicted molar refractivity (Wildman–Crippen MR) is 212 cm³/mol. The first-order chi connectivity index (χ1) is 27.0. The zero-order valence-corrected chi connectivity index (χ0v) is 33.5. The van der Waals surface area contributed by atoms with Gasteiger partial charge in [-0.05, 0) is 114 Å². The molecule has 6 rings (SSSR count). The number of nitrogens with one attached hydrogen (secondary N) is 2. The van der Waals surface area contributed by atoms with E-state index in [4.69, 9.17) is 17.0 Å². The highest BCUT2D eigenvalue weighted by atomic mass is 32.1. The Kier molecular flexibility index (Phi) is 12.8.